The number of nitrogens with one attached hydrogen (secondary N) is 2. The van der Waals surface area contributed by atoms with Crippen molar-refractivity contribution in [3.8, 4) is 17.2 Å². The lowest BCUT2D eigenvalue weighted by Gasteiger charge is -2.09. The van der Waals surface area contributed by atoms with Gasteiger partial charge in [0.25, 0.3) is 0 Å². The first-order chi connectivity index (χ1) is 15.1. The molecule has 1 aliphatic rings. The number of H-pyrrole nitrogens is 1. The quantitative estimate of drug-likeness (QED) is 0.419. The number of rotatable bonds is 4. The summed E-state index contributed by atoms with van der Waals surface area (Å²) >= 11 is 12.5. The van der Waals surface area contributed by atoms with Gasteiger partial charge in [0.1, 0.15) is 5.65 Å². The molecule has 2 N–H and O–H groups in total. The highest BCUT2D eigenvalue weighted by atomic mass is 35.5. The third kappa shape index (κ3) is 3.72. The van der Waals surface area contributed by atoms with Gasteiger partial charge >= 0.3 is 0 Å². The number of halogens is 2. The van der Waals surface area contributed by atoms with Gasteiger partial charge in [0, 0.05) is 74.5 Å². The molecular weight excluding hydrogens is 431 g/mol. The molecule has 0 radical (unpaired) electrons. The van der Waals surface area contributed by atoms with Crippen molar-refractivity contribution < 1.29 is 0 Å². The van der Waals surface area contributed by atoms with Gasteiger partial charge in [-0.1, -0.05) is 29.3 Å². The first-order valence-electron chi connectivity index (χ1n) is 9.92. The van der Waals surface area contributed by atoms with E-state index in [-0.39, 0.29) is 0 Å². The zero-order chi connectivity index (χ0) is 21.4. The number of aromatic amines is 1. The number of hydrogen-bond donors (Lipinski definition) is 2. The van der Waals surface area contributed by atoms with Crippen molar-refractivity contribution in [1.82, 2.24) is 25.1 Å². The Morgan fingerprint density at radius 3 is 2.87 bits per heavy atom. The molecule has 6 nitrogen and oxygen atoms in total. The summed E-state index contributed by atoms with van der Waals surface area (Å²) in [5, 5.41) is 19.3. The van der Waals surface area contributed by atoms with Crippen LogP contribution in [0.2, 0.25) is 10.0 Å². The lowest BCUT2D eigenvalue weighted by atomic mass is 9.97. The van der Waals surface area contributed by atoms with Crippen LogP contribution in [0.25, 0.3) is 27.7 Å². The molecule has 5 rings (SSSR count). The normalized spacial score (nSPS) is 16.7. The van der Waals surface area contributed by atoms with Gasteiger partial charge in [0.2, 0.25) is 0 Å². The highest BCUT2D eigenvalue weighted by molar-refractivity contribution is 6.36. The fraction of sp³-hybridized carbons (Fsp3) is 0.174. The maximum Gasteiger partial charge on any atom is 0.137 e. The van der Waals surface area contributed by atoms with Crippen LogP contribution in [0.5, 0.6) is 0 Å². The summed E-state index contributed by atoms with van der Waals surface area (Å²) in [6.45, 7) is 1.95. The Hall–Kier alpha value is -3.11. The fourth-order valence-electron chi connectivity index (χ4n) is 4.01. The van der Waals surface area contributed by atoms with E-state index in [9.17, 15) is 5.26 Å². The van der Waals surface area contributed by atoms with Crippen molar-refractivity contribution in [3.05, 3.63) is 76.3 Å². The lowest BCUT2D eigenvalue weighted by Crippen LogP contribution is -2.13. The van der Waals surface area contributed by atoms with E-state index in [1.54, 1.807) is 12.1 Å². The van der Waals surface area contributed by atoms with Gasteiger partial charge in [0.15, 0.2) is 0 Å². The van der Waals surface area contributed by atoms with Crippen LogP contribution in [-0.2, 0) is 0 Å². The summed E-state index contributed by atoms with van der Waals surface area (Å²) in [7, 11) is 0. The van der Waals surface area contributed by atoms with Gasteiger partial charge in [-0.2, -0.15) is 10.4 Å². The van der Waals surface area contributed by atoms with Crippen molar-refractivity contribution in [2.24, 2.45) is 0 Å². The summed E-state index contributed by atoms with van der Waals surface area (Å²) in [6.07, 6.45) is 10.2. The van der Waals surface area contributed by atoms with Crippen LogP contribution in [0.3, 0.4) is 0 Å². The Morgan fingerprint density at radius 2 is 2.10 bits per heavy atom. The predicted octanol–water partition coefficient (Wildman–Crippen LogP) is 5.22. The van der Waals surface area contributed by atoms with Crippen LogP contribution in [0.1, 0.15) is 23.6 Å². The molecule has 0 saturated carbocycles. The molecule has 0 spiro atoms. The van der Waals surface area contributed by atoms with E-state index in [0.29, 0.717) is 21.7 Å². The van der Waals surface area contributed by atoms with Crippen LogP contribution in [-0.4, -0.2) is 32.8 Å². The second-order valence-corrected chi connectivity index (χ2v) is 8.33. The third-order valence-electron chi connectivity index (χ3n) is 5.59. The standard InChI is InChI=1S/C23H18Cl2N6/c24-16-1-2-19(22(25)8-16)18(3-5-26)21-12-29-23-20(21)7-14(9-28-23)15-10-30-31(13-15)17-4-6-27-11-17/h1-3,7-10,12-13,17,27H,4,6,11H2,(H,28,29)/b18-3+. The van der Waals surface area contributed by atoms with Crippen LogP contribution in [0.4, 0.5) is 0 Å². The molecule has 1 unspecified atom stereocenters. The molecule has 4 heterocycles. The van der Waals surface area contributed by atoms with E-state index in [2.05, 4.69) is 38.7 Å². The van der Waals surface area contributed by atoms with Crippen LogP contribution >= 0.6 is 23.2 Å². The van der Waals surface area contributed by atoms with Crippen molar-refractivity contribution >= 4 is 39.8 Å². The molecule has 1 fully saturated rings. The Labute approximate surface area is 189 Å². The summed E-state index contributed by atoms with van der Waals surface area (Å²) < 4.78 is 2.02. The average Bonchev–Trinajstić information content (AvgIpc) is 3.52. The van der Waals surface area contributed by atoms with E-state index >= 15 is 0 Å². The predicted molar refractivity (Wildman–Crippen MR) is 123 cm³/mol. The van der Waals surface area contributed by atoms with Crippen LogP contribution in [0, 0.1) is 11.3 Å². The Kier molecular flexibility index (Phi) is 5.24. The van der Waals surface area contributed by atoms with Gasteiger partial charge in [-0.15, -0.1) is 0 Å². The molecule has 1 saturated heterocycles. The topological polar surface area (TPSA) is 82.3 Å². The number of nitriles is 1. The number of aromatic nitrogens is 4. The zero-order valence-electron chi connectivity index (χ0n) is 16.4. The fourth-order valence-corrected chi connectivity index (χ4v) is 4.52. The number of fused-ring (bicyclic) bond motifs is 1. The molecule has 0 amide bonds. The molecule has 4 aromatic rings. The molecular formula is C23H18Cl2N6. The van der Waals surface area contributed by atoms with E-state index in [1.807, 2.05) is 29.3 Å². The minimum Gasteiger partial charge on any atom is -0.346 e. The van der Waals surface area contributed by atoms with Crippen molar-refractivity contribution in [3.63, 3.8) is 0 Å². The maximum absolute atomic E-state index is 9.42. The van der Waals surface area contributed by atoms with Gasteiger partial charge in [-0.05, 0) is 31.2 Å². The van der Waals surface area contributed by atoms with Crippen molar-refractivity contribution in [2.45, 2.75) is 12.5 Å². The van der Waals surface area contributed by atoms with Crippen molar-refractivity contribution in [2.75, 3.05) is 13.1 Å². The molecule has 154 valence electrons. The molecule has 1 aromatic carbocycles. The lowest BCUT2D eigenvalue weighted by molar-refractivity contribution is 0.491. The van der Waals surface area contributed by atoms with Crippen LogP contribution in [0.15, 0.2) is 55.1 Å². The first kappa shape index (κ1) is 19.8. The largest absolute Gasteiger partial charge is 0.346 e. The number of pyridine rings is 1. The SMILES string of the molecule is N#C/C=C(\c1ccc(Cl)cc1Cl)c1c[nH]c2ncc(-c3cnn(C4CCNC4)c3)cc12. The summed E-state index contributed by atoms with van der Waals surface area (Å²) in [6, 6.07) is 9.84. The summed E-state index contributed by atoms with van der Waals surface area (Å²) in [5.74, 6) is 0. The minimum atomic E-state index is 0.380. The number of hydrogen-bond acceptors (Lipinski definition) is 4. The second kappa shape index (κ2) is 8.20. The Bertz CT molecular complexity index is 1340. The molecule has 8 heteroatoms. The van der Waals surface area contributed by atoms with E-state index in [4.69, 9.17) is 23.2 Å². The van der Waals surface area contributed by atoms with Gasteiger partial charge in [0.05, 0.1) is 18.3 Å². The minimum absolute atomic E-state index is 0.380. The summed E-state index contributed by atoms with van der Waals surface area (Å²) in [5.41, 5.74) is 5.00. The molecule has 1 atom stereocenters. The van der Waals surface area contributed by atoms with Crippen molar-refractivity contribution in [1.29, 1.82) is 5.26 Å². The molecule has 0 aliphatic carbocycles. The van der Waals surface area contributed by atoms with Gasteiger partial charge in [-0.25, -0.2) is 4.98 Å². The average molecular weight is 449 g/mol. The second-order valence-electron chi connectivity index (χ2n) is 7.49. The molecule has 0 bridgehead atoms. The number of benzene rings is 1. The maximum atomic E-state index is 9.42. The zero-order valence-corrected chi connectivity index (χ0v) is 18.0. The van der Waals surface area contributed by atoms with Gasteiger partial charge in [-0.3, -0.25) is 4.68 Å². The Morgan fingerprint density at radius 1 is 1.19 bits per heavy atom. The van der Waals surface area contributed by atoms with Crippen LogP contribution < -0.4 is 5.32 Å². The third-order valence-corrected chi connectivity index (χ3v) is 6.14. The Balaban J connectivity index is 1.58. The smallest absolute Gasteiger partial charge is 0.137 e. The molecule has 1 aliphatic heterocycles. The molecule has 3 aromatic heterocycles. The highest BCUT2D eigenvalue weighted by Crippen LogP contribution is 2.35. The van der Waals surface area contributed by atoms with E-state index in [0.717, 1.165) is 52.8 Å². The highest BCUT2D eigenvalue weighted by Gasteiger charge is 2.19. The van der Waals surface area contributed by atoms with E-state index in [1.165, 1.54) is 6.08 Å². The van der Waals surface area contributed by atoms with Gasteiger partial charge < -0.3 is 10.3 Å². The van der Waals surface area contributed by atoms with E-state index < -0.39 is 0 Å². The molecule has 31 heavy (non-hydrogen) atoms. The monoisotopic (exact) mass is 448 g/mol. The summed E-state index contributed by atoms with van der Waals surface area (Å²) in [4.78, 5) is 7.79. The number of allylic oxidation sites excluding steroid dienone is 1. The first-order valence-corrected chi connectivity index (χ1v) is 10.7. The number of nitrogens with zero attached hydrogens (tertiary/aromatic N) is 4.